The van der Waals surface area contributed by atoms with Crippen LogP contribution in [0.5, 0.6) is 0 Å². The summed E-state index contributed by atoms with van der Waals surface area (Å²) in [6, 6.07) is 0. The number of hydrogen-bond acceptors (Lipinski definition) is 1. The highest BCUT2D eigenvalue weighted by molar-refractivity contribution is 5.68. The summed E-state index contributed by atoms with van der Waals surface area (Å²) >= 11 is 0. The van der Waals surface area contributed by atoms with Gasteiger partial charge in [0.05, 0.1) is 6.42 Å². The molecule has 64 valence electrons. The SMILES string of the molecule is CCC(C)C1(CC(=O)O)CC1. The lowest BCUT2D eigenvalue weighted by Gasteiger charge is -2.19. The Morgan fingerprint density at radius 2 is 2.18 bits per heavy atom. The highest BCUT2D eigenvalue weighted by Gasteiger charge is 2.47. The first kappa shape index (κ1) is 8.57. The molecule has 0 aromatic carbocycles. The Morgan fingerprint density at radius 1 is 1.64 bits per heavy atom. The van der Waals surface area contributed by atoms with E-state index in [0.29, 0.717) is 12.3 Å². The first-order valence-electron chi connectivity index (χ1n) is 4.32. The number of hydrogen-bond donors (Lipinski definition) is 1. The summed E-state index contributed by atoms with van der Waals surface area (Å²) < 4.78 is 0. The lowest BCUT2D eigenvalue weighted by atomic mass is 9.86. The largest absolute Gasteiger partial charge is 0.481 e. The van der Waals surface area contributed by atoms with Gasteiger partial charge < -0.3 is 5.11 Å². The Labute approximate surface area is 67.6 Å². The summed E-state index contributed by atoms with van der Waals surface area (Å²) in [7, 11) is 0. The minimum Gasteiger partial charge on any atom is -0.481 e. The van der Waals surface area contributed by atoms with Crippen LogP contribution in [0.1, 0.15) is 39.5 Å². The van der Waals surface area contributed by atoms with Gasteiger partial charge in [0.25, 0.3) is 0 Å². The van der Waals surface area contributed by atoms with Crippen LogP contribution in [0, 0.1) is 11.3 Å². The number of rotatable bonds is 4. The Hall–Kier alpha value is -0.530. The lowest BCUT2D eigenvalue weighted by Crippen LogP contribution is -2.16. The van der Waals surface area contributed by atoms with Crippen molar-refractivity contribution in [1.82, 2.24) is 0 Å². The minimum absolute atomic E-state index is 0.181. The van der Waals surface area contributed by atoms with Crippen molar-refractivity contribution in [2.75, 3.05) is 0 Å². The van der Waals surface area contributed by atoms with Crippen molar-refractivity contribution in [1.29, 1.82) is 0 Å². The van der Waals surface area contributed by atoms with Gasteiger partial charge in [0.15, 0.2) is 0 Å². The van der Waals surface area contributed by atoms with Gasteiger partial charge in [-0.3, -0.25) is 4.79 Å². The maximum atomic E-state index is 10.5. The van der Waals surface area contributed by atoms with E-state index in [0.717, 1.165) is 19.3 Å². The molecule has 1 saturated carbocycles. The zero-order valence-corrected chi connectivity index (χ0v) is 7.26. The molecule has 1 fully saturated rings. The van der Waals surface area contributed by atoms with Crippen molar-refractivity contribution in [3.05, 3.63) is 0 Å². The third kappa shape index (κ3) is 1.73. The van der Waals surface area contributed by atoms with Crippen molar-refractivity contribution in [3.8, 4) is 0 Å². The van der Waals surface area contributed by atoms with Crippen molar-refractivity contribution < 1.29 is 9.90 Å². The molecular weight excluding hydrogens is 140 g/mol. The summed E-state index contributed by atoms with van der Waals surface area (Å²) in [5, 5.41) is 8.63. The quantitative estimate of drug-likeness (QED) is 0.678. The molecule has 2 heteroatoms. The fourth-order valence-electron chi connectivity index (χ4n) is 1.74. The average Bonchev–Trinajstić information content (AvgIpc) is 2.67. The van der Waals surface area contributed by atoms with Gasteiger partial charge in [0, 0.05) is 0 Å². The Kier molecular flexibility index (Phi) is 2.21. The molecule has 0 heterocycles. The molecule has 0 amide bonds. The molecule has 0 saturated heterocycles. The third-order valence-corrected chi connectivity index (χ3v) is 3.05. The topological polar surface area (TPSA) is 37.3 Å². The second-order valence-corrected chi connectivity index (χ2v) is 3.74. The van der Waals surface area contributed by atoms with E-state index in [1.54, 1.807) is 0 Å². The predicted molar refractivity (Wildman–Crippen MR) is 43.4 cm³/mol. The Balaban J connectivity index is 2.46. The standard InChI is InChI=1S/C9H16O2/c1-3-7(2)9(4-5-9)6-8(10)11/h7H,3-6H2,1-2H3,(H,10,11). The monoisotopic (exact) mass is 156 g/mol. The maximum Gasteiger partial charge on any atom is 0.303 e. The highest BCUT2D eigenvalue weighted by atomic mass is 16.4. The summed E-state index contributed by atoms with van der Waals surface area (Å²) in [6.07, 6.45) is 3.72. The van der Waals surface area contributed by atoms with Crippen LogP contribution in [0.25, 0.3) is 0 Å². The van der Waals surface area contributed by atoms with E-state index in [9.17, 15) is 4.79 Å². The smallest absolute Gasteiger partial charge is 0.303 e. The molecule has 0 aromatic heterocycles. The molecule has 1 unspecified atom stereocenters. The summed E-state index contributed by atoms with van der Waals surface area (Å²) in [4.78, 5) is 10.5. The number of aliphatic carboxylic acids is 1. The van der Waals surface area contributed by atoms with Crippen LogP contribution in [0.3, 0.4) is 0 Å². The maximum absolute atomic E-state index is 10.5. The van der Waals surface area contributed by atoms with Crippen molar-refractivity contribution in [2.24, 2.45) is 11.3 Å². The van der Waals surface area contributed by atoms with E-state index >= 15 is 0 Å². The van der Waals surface area contributed by atoms with Crippen molar-refractivity contribution in [3.63, 3.8) is 0 Å². The summed E-state index contributed by atoms with van der Waals surface area (Å²) in [6.45, 7) is 4.29. The number of carboxylic acids is 1. The molecule has 2 nitrogen and oxygen atoms in total. The van der Waals surface area contributed by atoms with Crippen LogP contribution >= 0.6 is 0 Å². The normalized spacial score (nSPS) is 22.7. The zero-order valence-electron chi connectivity index (χ0n) is 7.26. The van der Waals surface area contributed by atoms with E-state index in [4.69, 9.17) is 5.11 Å². The molecule has 1 aliphatic rings. The molecule has 0 aliphatic heterocycles. The van der Waals surface area contributed by atoms with E-state index in [-0.39, 0.29) is 5.41 Å². The molecule has 1 N–H and O–H groups in total. The van der Waals surface area contributed by atoms with Crippen molar-refractivity contribution in [2.45, 2.75) is 39.5 Å². The van der Waals surface area contributed by atoms with Gasteiger partial charge in [0.2, 0.25) is 0 Å². The highest BCUT2D eigenvalue weighted by Crippen LogP contribution is 2.55. The van der Waals surface area contributed by atoms with Crippen LogP contribution in [-0.4, -0.2) is 11.1 Å². The minimum atomic E-state index is -0.636. The van der Waals surface area contributed by atoms with E-state index in [2.05, 4.69) is 13.8 Å². The molecule has 0 spiro atoms. The Bertz CT molecular complexity index is 159. The second kappa shape index (κ2) is 2.84. The predicted octanol–water partition coefficient (Wildman–Crippen LogP) is 2.29. The van der Waals surface area contributed by atoms with Gasteiger partial charge >= 0.3 is 5.97 Å². The van der Waals surface area contributed by atoms with Gasteiger partial charge in [-0.1, -0.05) is 20.3 Å². The molecule has 0 aromatic rings. The van der Waals surface area contributed by atoms with E-state index in [1.807, 2.05) is 0 Å². The van der Waals surface area contributed by atoms with Crippen molar-refractivity contribution >= 4 is 5.97 Å². The molecule has 0 radical (unpaired) electrons. The van der Waals surface area contributed by atoms with Gasteiger partial charge in [0.1, 0.15) is 0 Å². The van der Waals surface area contributed by atoms with Crippen LogP contribution in [0.2, 0.25) is 0 Å². The van der Waals surface area contributed by atoms with Gasteiger partial charge in [-0.05, 0) is 24.2 Å². The molecule has 1 aliphatic carbocycles. The number of carboxylic acid groups (broad SMARTS) is 1. The number of carbonyl (C=O) groups is 1. The van der Waals surface area contributed by atoms with Crippen LogP contribution in [0.4, 0.5) is 0 Å². The molecule has 1 rings (SSSR count). The first-order chi connectivity index (χ1) is 5.10. The zero-order chi connectivity index (χ0) is 8.48. The van der Waals surface area contributed by atoms with Crippen LogP contribution in [-0.2, 0) is 4.79 Å². The first-order valence-corrected chi connectivity index (χ1v) is 4.32. The summed E-state index contributed by atoms with van der Waals surface area (Å²) in [5.41, 5.74) is 0.181. The Morgan fingerprint density at radius 3 is 2.45 bits per heavy atom. The molecule has 1 atom stereocenters. The van der Waals surface area contributed by atoms with E-state index in [1.165, 1.54) is 0 Å². The molecular formula is C9H16O2. The van der Waals surface area contributed by atoms with Crippen LogP contribution in [0.15, 0.2) is 0 Å². The molecule has 0 bridgehead atoms. The van der Waals surface area contributed by atoms with Gasteiger partial charge in [-0.25, -0.2) is 0 Å². The fourth-order valence-corrected chi connectivity index (χ4v) is 1.74. The fraction of sp³-hybridized carbons (Fsp3) is 0.889. The lowest BCUT2D eigenvalue weighted by molar-refractivity contribution is -0.138. The van der Waals surface area contributed by atoms with Gasteiger partial charge in [-0.2, -0.15) is 0 Å². The van der Waals surface area contributed by atoms with E-state index < -0.39 is 5.97 Å². The van der Waals surface area contributed by atoms with Crippen LogP contribution < -0.4 is 0 Å². The summed E-state index contributed by atoms with van der Waals surface area (Å²) in [5.74, 6) is -0.0543. The molecule has 11 heavy (non-hydrogen) atoms. The average molecular weight is 156 g/mol. The third-order valence-electron chi connectivity index (χ3n) is 3.05. The second-order valence-electron chi connectivity index (χ2n) is 3.74. The van der Waals surface area contributed by atoms with Gasteiger partial charge in [-0.15, -0.1) is 0 Å².